The first-order valence-electron chi connectivity index (χ1n) is 2.49. The number of aliphatic hydroxyl groups excluding tert-OH is 1. The van der Waals surface area contributed by atoms with E-state index in [4.69, 9.17) is 5.11 Å². The van der Waals surface area contributed by atoms with Crippen molar-refractivity contribution in [1.82, 2.24) is 0 Å². The van der Waals surface area contributed by atoms with Crippen LogP contribution in [0.2, 0.25) is 0 Å². The summed E-state index contributed by atoms with van der Waals surface area (Å²) in [5.74, 6) is 0.719. The van der Waals surface area contributed by atoms with Crippen LogP contribution in [-0.4, -0.2) is 21.1 Å². The van der Waals surface area contributed by atoms with Crippen molar-refractivity contribution >= 4 is 10.2 Å². The lowest BCUT2D eigenvalue weighted by Crippen LogP contribution is -2.06. The molecule has 1 fully saturated rings. The summed E-state index contributed by atoms with van der Waals surface area (Å²) in [5, 5.41) is 8.75. The van der Waals surface area contributed by atoms with Crippen molar-refractivity contribution < 1.29 is 5.11 Å². The molecule has 0 aromatic carbocycles. The Bertz CT molecular complexity index is 49.5. The van der Waals surface area contributed by atoms with Gasteiger partial charge in [-0.2, -0.15) is 0 Å². The normalized spacial score (nSPS) is 27.5. The molecule has 1 nitrogen and oxygen atoms in total. The lowest BCUT2D eigenvalue weighted by molar-refractivity contribution is 0.232. The van der Waals surface area contributed by atoms with E-state index in [0.717, 1.165) is 16.2 Å². The topological polar surface area (TPSA) is 20.2 Å². The third-order valence-electron chi connectivity index (χ3n) is 1.30. The molecule has 36 valence electrons. The number of hydrogen-bond acceptors (Lipinski definition) is 1. The number of rotatable bonds is 1. The molecule has 0 radical (unpaired) electrons. The van der Waals surface area contributed by atoms with Crippen LogP contribution in [0, 0.1) is 5.92 Å². The third kappa shape index (κ3) is 0.818. The SMILES string of the molecule is OC([SiH3])C1CC1. The van der Waals surface area contributed by atoms with Crippen LogP contribution in [0.25, 0.3) is 0 Å². The van der Waals surface area contributed by atoms with Crippen molar-refractivity contribution in [3.63, 3.8) is 0 Å². The zero-order valence-corrected chi connectivity index (χ0v) is 6.02. The highest BCUT2D eigenvalue weighted by molar-refractivity contribution is 6.11. The summed E-state index contributed by atoms with van der Waals surface area (Å²) in [6, 6.07) is 0. The number of aliphatic hydroxyl groups is 1. The van der Waals surface area contributed by atoms with Gasteiger partial charge in [-0.1, -0.05) is 0 Å². The molecular formula is C4H10OSi. The minimum Gasteiger partial charge on any atom is -0.397 e. The van der Waals surface area contributed by atoms with Gasteiger partial charge in [0.15, 0.2) is 0 Å². The molecule has 1 unspecified atom stereocenters. The molecule has 1 aliphatic carbocycles. The molecule has 0 heterocycles. The highest BCUT2D eigenvalue weighted by Gasteiger charge is 2.25. The smallest absolute Gasteiger partial charge is 0.0392 e. The molecule has 6 heavy (non-hydrogen) atoms. The van der Waals surface area contributed by atoms with Gasteiger partial charge in [-0.25, -0.2) is 0 Å². The van der Waals surface area contributed by atoms with Gasteiger partial charge in [-0.05, 0) is 18.8 Å². The first-order valence-corrected chi connectivity index (χ1v) is 3.64. The average Bonchev–Trinajstić information content (AvgIpc) is 2.06. The van der Waals surface area contributed by atoms with E-state index in [1.54, 1.807) is 0 Å². The summed E-state index contributed by atoms with van der Waals surface area (Å²) in [5.41, 5.74) is 0.102. The van der Waals surface area contributed by atoms with Gasteiger partial charge in [0.05, 0.1) is 0 Å². The van der Waals surface area contributed by atoms with Crippen molar-refractivity contribution in [2.75, 3.05) is 0 Å². The summed E-state index contributed by atoms with van der Waals surface area (Å²) < 4.78 is 0. The Hall–Kier alpha value is 0.177. The lowest BCUT2D eigenvalue weighted by Gasteiger charge is -1.93. The summed E-state index contributed by atoms with van der Waals surface area (Å²) in [7, 11) is 0.971. The van der Waals surface area contributed by atoms with Crippen LogP contribution in [0.15, 0.2) is 0 Å². The van der Waals surface area contributed by atoms with Crippen LogP contribution in [0.3, 0.4) is 0 Å². The summed E-state index contributed by atoms with van der Waals surface area (Å²) in [6.45, 7) is 0. The predicted molar refractivity (Wildman–Crippen MR) is 28.7 cm³/mol. The van der Waals surface area contributed by atoms with E-state index in [1.807, 2.05) is 0 Å². The van der Waals surface area contributed by atoms with Crippen LogP contribution in [0.4, 0.5) is 0 Å². The van der Waals surface area contributed by atoms with Gasteiger partial charge < -0.3 is 5.11 Å². The first-order chi connectivity index (χ1) is 2.80. The van der Waals surface area contributed by atoms with E-state index in [1.165, 1.54) is 12.8 Å². The van der Waals surface area contributed by atoms with Crippen molar-refractivity contribution in [3.8, 4) is 0 Å². The highest BCUT2D eigenvalue weighted by Crippen LogP contribution is 2.30. The molecule has 1 N–H and O–H groups in total. The van der Waals surface area contributed by atoms with E-state index in [2.05, 4.69) is 0 Å². The van der Waals surface area contributed by atoms with E-state index in [0.29, 0.717) is 0 Å². The Morgan fingerprint density at radius 2 is 2.17 bits per heavy atom. The van der Waals surface area contributed by atoms with Crippen molar-refractivity contribution in [1.29, 1.82) is 0 Å². The van der Waals surface area contributed by atoms with Gasteiger partial charge in [0.25, 0.3) is 0 Å². The zero-order chi connectivity index (χ0) is 4.57. The van der Waals surface area contributed by atoms with E-state index >= 15 is 0 Å². The Morgan fingerprint density at radius 1 is 1.67 bits per heavy atom. The summed E-state index contributed by atoms with van der Waals surface area (Å²) >= 11 is 0. The van der Waals surface area contributed by atoms with Crippen LogP contribution in [0.5, 0.6) is 0 Å². The molecule has 2 heteroatoms. The molecule has 0 aromatic heterocycles. The van der Waals surface area contributed by atoms with Gasteiger partial charge in [0.2, 0.25) is 0 Å². The Kier molecular flexibility index (Phi) is 0.977. The van der Waals surface area contributed by atoms with Gasteiger partial charge in [-0.3, -0.25) is 0 Å². The van der Waals surface area contributed by atoms with E-state index in [9.17, 15) is 0 Å². The fourth-order valence-corrected chi connectivity index (χ4v) is 1.25. The van der Waals surface area contributed by atoms with Crippen molar-refractivity contribution in [2.24, 2.45) is 5.92 Å². The maximum atomic E-state index is 8.75. The van der Waals surface area contributed by atoms with Crippen LogP contribution < -0.4 is 0 Å². The summed E-state index contributed by atoms with van der Waals surface area (Å²) in [4.78, 5) is 0. The minimum atomic E-state index is 0.102. The minimum absolute atomic E-state index is 0.102. The van der Waals surface area contributed by atoms with E-state index in [-0.39, 0.29) is 5.73 Å². The highest BCUT2D eigenvalue weighted by atomic mass is 28.1. The third-order valence-corrected chi connectivity index (χ3v) is 2.25. The second kappa shape index (κ2) is 1.35. The van der Waals surface area contributed by atoms with E-state index < -0.39 is 0 Å². The average molecular weight is 102 g/mol. The molecule has 0 spiro atoms. The maximum absolute atomic E-state index is 8.75. The second-order valence-electron chi connectivity index (χ2n) is 2.08. The standard InChI is InChI=1S/C4H10OSi/c5-4(6)3-1-2-3/h3-5H,1-2H2,6H3. The zero-order valence-electron chi connectivity index (χ0n) is 4.02. The Balaban J connectivity index is 2.13. The van der Waals surface area contributed by atoms with Crippen LogP contribution in [-0.2, 0) is 0 Å². The monoisotopic (exact) mass is 102 g/mol. The molecule has 1 saturated carbocycles. The molecule has 0 saturated heterocycles. The molecule has 1 aliphatic rings. The predicted octanol–water partition coefficient (Wildman–Crippen LogP) is -0.920. The lowest BCUT2D eigenvalue weighted by atomic mass is 10.5. The fraction of sp³-hybridized carbons (Fsp3) is 1.00. The van der Waals surface area contributed by atoms with Crippen LogP contribution >= 0.6 is 0 Å². The molecule has 1 atom stereocenters. The number of hydrogen-bond donors (Lipinski definition) is 1. The first kappa shape index (κ1) is 4.34. The van der Waals surface area contributed by atoms with Gasteiger partial charge in [0.1, 0.15) is 0 Å². The molecular weight excluding hydrogens is 92.1 g/mol. The van der Waals surface area contributed by atoms with Gasteiger partial charge in [-0.15, -0.1) is 0 Å². The van der Waals surface area contributed by atoms with Gasteiger partial charge >= 0.3 is 0 Å². The largest absolute Gasteiger partial charge is 0.397 e. The van der Waals surface area contributed by atoms with Crippen molar-refractivity contribution in [3.05, 3.63) is 0 Å². The van der Waals surface area contributed by atoms with Crippen molar-refractivity contribution in [2.45, 2.75) is 18.6 Å². The van der Waals surface area contributed by atoms with Gasteiger partial charge in [0, 0.05) is 16.0 Å². The molecule has 1 rings (SSSR count). The molecule has 0 bridgehead atoms. The maximum Gasteiger partial charge on any atom is 0.0392 e. The quantitative estimate of drug-likeness (QED) is 0.425. The summed E-state index contributed by atoms with van der Waals surface area (Å²) in [6.07, 6.45) is 2.56. The van der Waals surface area contributed by atoms with Crippen LogP contribution in [0.1, 0.15) is 12.8 Å². The molecule has 0 aliphatic heterocycles. The Labute approximate surface area is 40.8 Å². The second-order valence-corrected chi connectivity index (χ2v) is 3.26. The molecule has 0 amide bonds. The fourth-order valence-electron chi connectivity index (χ4n) is 0.579. The molecule has 0 aromatic rings. The Morgan fingerprint density at radius 3 is 2.17 bits per heavy atom.